The van der Waals surface area contributed by atoms with E-state index < -0.39 is 0 Å². The van der Waals surface area contributed by atoms with E-state index in [2.05, 4.69) is 10.6 Å². The summed E-state index contributed by atoms with van der Waals surface area (Å²) in [7, 11) is 1.96. The number of piperidine rings is 1. The second kappa shape index (κ2) is 9.26. The number of nitrogens with zero attached hydrogens (tertiary/aromatic N) is 1. The van der Waals surface area contributed by atoms with Crippen LogP contribution in [0, 0.1) is 11.3 Å². The zero-order chi connectivity index (χ0) is 15.2. The van der Waals surface area contributed by atoms with Crippen molar-refractivity contribution in [1.29, 1.82) is 0 Å². The average Bonchev–Trinajstić information content (AvgIpc) is 2.35. The first kappa shape index (κ1) is 20.2. The van der Waals surface area contributed by atoms with Crippen molar-refractivity contribution < 1.29 is 9.59 Å². The topological polar surface area (TPSA) is 61.4 Å². The Morgan fingerprint density at radius 2 is 1.76 bits per heavy atom. The summed E-state index contributed by atoms with van der Waals surface area (Å²) in [6.07, 6.45) is 2.54. The van der Waals surface area contributed by atoms with Crippen LogP contribution in [0.4, 0.5) is 0 Å². The van der Waals surface area contributed by atoms with Crippen LogP contribution in [-0.4, -0.2) is 49.9 Å². The first-order valence-electron chi connectivity index (χ1n) is 7.51. The van der Waals surface area contributed by atoms with Gasteiger partial charge in [0.2, 0.25) is 11.8 Å². The van der Waals surface area contributed by atoms with Crippen LogP contribution in [0.15, 0.2) is 0 Å². The van der Waals surface area contributed by atoms with Crippen molar-refractivity contribution in [3.8, 4) is 0 Å². The molecule has 0 spiro atoms. The number of amides is 2. The highest BCUT2D eigenvalue weighted by Gasteiger charge is 2.23. The summed E-state index contributed by atoms with van der Waals surface area (Å²) in [6.45, 7) is 8.80. The summed E-state index contributed by atoms with van der Waals surface area (Å²) in [5, 5.41) is 5.91. The molecule has 0 aromatic carbocycles. The number of halogens is 1. The molecule has 2 amide bonds. The SMILES string of the molecule is CNCC1CCN(C(=O)CNC(=O)CC(C)(C)C)CC1.Cl. The van der Waals surface area contributed by atoms with Crippen molar-refractivity contribution in [2.24, 2.45) is 11.3 Å². The average molecular weight is 320 g/mol. The molecule has 1 aliphatic heterocycles. The van der Waals surface area contributed by atoms with Crippen molar-refractivity contribution in [3.63, 3.8) is 0 Å². The Kier molecular flexibility index (Phi) is 8.90. The van der Waals surface area contributed by atoms with Crippen LogP contribution in [0.3, 0.4) is 0 Å². The largest absolute Gasteiger partial charge is 0.347 e. The molecule has 0 aromatic heterocycles. The molecule has 0 unspecified atom stereocenters. The Bertz CT molecular complexity index is 334. The maximum atomic E-state index is 12.0. The molecule has 0 aliphatic carbocycles. The Hall–Kier alpha value is -0.810. The van der Waals surface area contributed by atoms with Crippen LogP contribution in [-0.2, 0) is 9.59 Å². The van der Waals surface area contributed by atoms with Gasteiger partial charge in [0, 0.05) is 19.5 Å². The molecule has 1 heterocycles. The summed E-state index contributed by atoms with van der Waals surface area (Å²) in [5.74, 6) is 0.658. The second-order valence-corrected chi connectivity index (χ2v) is 6.90. The van der Waals surface area contributed by atoms with Gasteiger partial charge in [-0.05, 0) is 37.8 Å². The van der Waals surface area contributed by atoms with Crippen LogP contribution in [0.1, 0.15) is 40.0 Å². The Morgan fingerprint density at radius 3 is 2.24 bits per heavy atom. The van der Waals surface area contributed by atoms with Gasteiger partial charge in [0.1, 0.15) is 0 Å². The molecule has 1 aliphatic rings. The summed E-state index contributed by atoms with van der Waals surface area (Å²) in [5.41, 5.74) is -0.0430. The van der Waals surface area contributed by atoms with E-state index in [0.717, 1.165) is 32.5 Å². The quantitative estimate of drug-likeness (QED) is 0.805. The molecule has 0 atom stereocenters. The Morgan fingerprint density at radius 1 is 1.19 bits per heavy atom. The lowest BCUT2D eigenvalue weighted by Crippen LogP contribution is -2.45. The monoisotopic (exact) mass is 319 g/mol. The molecule has 21 heavy (non-hydrogen) atoms. The second-order valence-electron chi connectivity index (χ2n) is 6.90. The van der Waals surface area contributed by atoms with Crippen LogP contribution in [0.5, 0.6) is 0 Å². The van der Waals surface area contributed by atoms with Crippen molar-refractivity contribution in [1.82, 2.24) is 15.5 Å². The summed E-state index contributed by atoms with van der Waals surface area (Å²) in [4.78, 5) is 25.6. The zero-order valence-corrected chi connectivity index (χ0v) is 14.5. The minimum Gasteiger partial charge on any atom is -0.347 e. The molecule has 0 aromatic rings. The number of rotatable bonds is 5. The lowest BCUT2D eigenvalue weighted by molar-refractivity contribution is -0.134. The molecule has 1 rings (SSSR count). The third-order valence-corrected chi connectivity index (χ3v) is 3.59. The van der Waals surface area contributed by atoms with E-state index in [-0.39, 0.29) is 36.2 Å². The third-order valence-electron chi connectivity index (χ3n) is 3.59. The van der Waals surface area contributed by atoms with E-state index in [4.69, 9.17) is 0 Å². The summed E-state index contributed by atoms with van der Waals surface area (Å²) >= 11 is 0. The third kappa shape index (κ3) is 8.27. The van der Waals surface area contributed by atoms with Gasteiger partial charge in [-0.1, -0.05) is 20.8 Å². The molecule has 5 nitrogen and oxygen atoms in total. The molecule has 6 heteroatoms. The van der Waals surface area contributed by atoms with Gasteiger partial charge in [0.05, 0.1) is 6.54 Å². The van der Waals surface area contributed by atoms with Crippen molar-refractivity contribution >= 4 is 24.2 Å². The molecular formula is C15H30ClN3O2. The highest BCUT2D eigenvalue weighted by atomic mass is 35.5. The molecule has 124 valence electrons. The zero-order valence-electron chi connectivity index (χ0n) is 13.7. The number of carbonyl (C=O) groups is 2. The predicted octanol–water partition coefficient (Wildman–Crippen LogP) is 1.42. The smallest absolute Gasteiger partial charge is 0.241 e. The fourth-order valence-electron chi connectivity index (χ4n) is 2.51. The maximum absolute atomic E-state index is 12.0. The molecule has 1 fully saturated rings. The van der Waals surface area contributed by atoms with Crippen LogP contribution < -0.4 is 10.6 Å². The van der Waals surface area contributed by atoms with Gasteiger partial charge in [0.25, 0.3) is 0 Å². The number of carbonyl (C=O) groups excluding carboxylic acids is 2. The van der Waals surface area contributed by atoms with Gasteiger partial charge in [0.15, 0.2) is 0 Å². The highest BCUT2D eigenvalue weighted by molar-refractivity contribution is 5.85. The van der Waals surface area contributed by atoms with E-state index in [0.29, 0.717) is 12.3 Å². The van der Waals surface area contributed by atoms with E-state index in [1.807, 2.05) is 32.7 Å². The van der Waals surface area contributed by atoms with Gasteiger partial charge in [-0.2, -0.15) is 0 Å². The molecule has 0 saturated carbocycles. The fourth-order valence-corrected chi connectivity index (χ4v) is 2.51. The summed E-state index contributed by atoms with van der Waals surface area (Å²) in [6, 6.07) is 0. The Balaban J connectivity index is 0.00000400. The normalized spacial score (nSPS) is 16.3. The number of hydrogen-bond donors (Lipinski definition) is 2. The fraction of sp³-hybridized carbons (Fsp3) is 0.867. The van der Waals surface area contributed by atoms with E-state index in [1.54, 1.807) is 0 Å². The van der Waals surface area contributed by atoms with Crippen LogP contribution >= 0.6 is 12.4 Å². The molecule has 0 radical (unpaired) electrons. The van der Waals surface area contributed by atoms with E-state index >= 15 is 0 Å². The minimum atomic E-state index is -0.0454. The first-order chi connectivity index (χ1) is 9.31. The van der Waals surface area contributed by atoms with Crippen LogP contribution in [0.25, 0.3) is 0 Å². The lowest BCUT2D eigenvalue weighted by Gasteiger charge is -2.32. The van der Waals surface area contributed by atoms with Crippen molar-refractivity contribution in [2.45, 2.75) is 40.0 Å². The van der Waals surface area contributed by atoms with Gasteiger partial charge < -0.3 is 15.5 Å². The number of likely N-dealkylation sites (tertiary alicyclic amines) is 1. The summed E-state index contributed by atoms with van der Waals surface area (Å²) < 4.78 is 0. The minimum absolute atomic E-state index is 0. The molecular weight excluding hydrogens is 290 g/mol. The van der Waals surface area contributed by atoms with Gasteiger partial charge in [-0.15, -0.1) is 12.4 Å². The number of nitrogens with one attached hydrogen (secondary N) is 2. The first-order valence-corrected chi connectivity index (χ1v) is 7.51. The van der Waals surface area contributed by atoms with E-state index in [9.17, 15) is 9.59 Å². The van der Waals surface area contributed by atoms with Crippen molar-refractivity contribution in [2.75, 3.05) is 33.2 Å². The highest BCUT2D eigenvalue weighted by Crippen LogP contribution is 2.18. The standard InChI is InChI=1S/C15H29N3O2.ClH/c1-15(2,3)9-13(19)17-11-14(20)18-7-5-12(6-8-18)10-16-4;/h12,16H,5-11H2,1-4H3,(H,17,19);1H. The van der Waals surface area contributed by atoms with Gasteiger partial charge >= 0.3 is 0 Å². The van der Waals surface area contributed by atoms with Crippen molar-refractivity contribution in [3.05, 3.63) is 0 Å². The van der Waals surface area contributed by atoms with Crippen LogP contribution in [0.2, 0.25) is 0 Å². The van der Waals surface area contributed by atoms with E-state index in [1.165, 1.54) is 0 Å². The molecule has 1 saturated heterocycles. The number of hydrogen-bond acceptors (Lipinski definition) is 3. The van der Waals surface area contributed by atoms with Gasteiger partial charge in [-0.3, -0.25) is 9.59 Å². The molecule has 2 N–H and O–H groups in total. The lowest BCUT2D eigenvalue weighted by atomic mass is 9.92. The predicted molar refractivity (Wildman–Crippen MR) is 87.6 cm³/mol. The van der Waals surface area contributed by atoms with Gasteiger partial charge in [-0.25, -0.2) is 0 Å². The maximum Gasteiger partial charge on any atom is 0.241 e. The molecule has 0 bridgehead atoms. The Labute approximate surface area is 134 Å².